The highest BCUT2D eigenvalue weighted by Gasteiger charge is 2.24. The van der Waals surface area contributed by atoms with Crippen LogP contribution in [0.5, 0.6) is 0 Å². The Labute approximate surface area is 189 Å². The van der Waals surface area contributed by atoms with Gasteiger partial charge in [0.15, 0.2) is 0 Å². The molecule has 2 amide bonds. The lowest BCUT2D eigenvalue weighted by atomic mass is 9.99. The predicted octanol–water partition coefficient (Wildman–Crippen LogP) is 5.46. The fourth-order valence-electron chi connectivity index (χ4n) is 3.21. The minimum atomic E-state index is -1.05. The number of alkyl carbamates (subject to hydrolysis) is 1. The summed E-state index contributed by atoms with van der Waals surface area (Å²) in [6, 6.07) is 13.0. The molecule has 32 heavy (non-hydrogen) atoms. The average molecular weight is 441 g/mol. The molecule has 0 aliphatic rings. The monoisotopic (exact) mass is 440 g/mol. The molecule has 7 heteroatoms. The van der Waals surface area contributed by atoms with E-state index in [0.717, 1.165) is 24.8 Å². The van der Waals surface area contributed by atoms with E-state index in [2.05, 4.69) is 17.6 Å². The van der Waals surface area contributed by atoms with Crippen LogP contribution in [0.3, 0.4) is 0 Å². The molecule has 0 saturated carbocycles. The van der Waals surface area contributed by atoms with Crippen LogP contribution < -0.4 is 10.6 Å². The van der Waals surface area contributed by atoms with Gasteiger partial charge >= 0.3 is 12.1 Å². The first kappa shape index (κ1) is 24.9. The van der Waals surface area contributed by atoms with E-state index in [1.165, 1.54) is 6.07 Å². The highest BCUT2D eigenvalue weighted by Crippen LogP contribution is 2.27. The summed E-state index contributed by atoms with van der Waals surface area (Å²) in [6.45, 7) is 7.33. The second kappa shape index (κ2) is 11.3. The molecular weight excluding hydrogens is 408 g/mol. The van der Waals surface area contributed by atoms with Crippen LogP contribution >= 0.6 is 0 Å². The van der Waals surface area contributed by atoms with Gasteiger partial charge in [0, 0.05) is 5.69 Å². The fraction of sp³-hybridized carbons (Fsp3) is 0.400. The lowest BCUT2D eigenvalue weighted by Gasteiger charge is -2.23. The van der Waals surface area contributed by atoms with Gasteiger partial charge in [-0.3, -0.25) is 4.79 Å². The van der Waals surface area contributed by atoms with Crippen LogP contribution in [0.2, 0.25) is 0 Å². The molecule has 0 bridgehead atoms. The van der Waals surface area contributed by atoms with Gasteiger partial charge in [-0.05, 0) is 56.5 Å². The zero-order valence-corrected chi connectivity index (χ0v) is 19.1. The van der Waals surface area contributed by atoms with Crippen molar-refractivity contribution in [2.45, 2.75) is 65.0 Å². The molecule has 2 aromatic rings. The second-order valence-electron chi connectivity index (χ2n) is 8.62. The van der Waals surface area contributed by atoms with Crippen molar-refractivity contribution in [2.75, 3.05) is 5.32 Å². The Morgan fingerprint density at radius 3 is 2.31 bits per heavy atom. The summed E-state index contributed by atoms with van der Waals surface area (Å²) in [5.74, 6) is -1.43. The number of nitrogens with one attached hydrogen (secondary N) is 2. The number of unbranched alkanes of at least 4 members (excludes halogenated alkanes) is 2. The average Bonchev–Trinajstić information content (AvgIpc) is 2.72. The highest BCUT2D eigenvalue weighted by molar-refractivity contribution is 6.00. The maximum Gasteiger partial charge on any atom is 0.408 e. The quantitative estimate of drug-likeness (QED) is 0.449. The molecular formula is C25H32N2O5. The Kier molecular flexibility index (Phi) is 8.81. The summed E-state index contributed by atoms with van der Waals surface area (Å²) in [6.07, 6.45) is 2.51. The molecule has 1 atom stereocenters. The lowest BCUT2D eigenvalue weighted by molar-refractivity contribution is -0.118. The number of hydrogen-bond acceptors (Lipinski definition) is 4. The Balaban J connectivity index is 2.23. The normalized spacial score (nSPS) is 12.0. The maximum atomic E-state index is 13.0. The lowest BCUT2D eigenvalue weighted by Crippen LogP contribution is -2.45. The molecule has 0 aliphatic carbocycles. The fourth-order valence-corrected chi connectivity index (χ4v) is 3.21. The van der Waals surface area contributed by atoms with Crippen molar-refractivity contribution in [1.82, 2.24) is 5.32 Å². The van der Waals surface area contributed by atoms with E-state index < -0.39 is 23.7 Å². The summed E-state index contributed by atoms with van der Waals surface area (Å²) >= 11 is 0. The van der Waals surface area contributed by atoms with E-state index >= 15 is 0 Å². The van der Waals surface area contributed by atoms with E-state index in [1.807, 2.05) is 30.3 Å². The number of ether oxygens (including phenoxy) is 1. The molecule has 0 aromatic heterocycles. The number of carboxylic acid groups (broad SMARTS) is 1. The first-order valence-corrected chi connectivity index (χ1v) is 10.8. The van der Waals surface area contributed by atoms with Crippen LogP contribution in [-0.4, -0.2) is 34.7 Å². The third kappa shape index (κ3) is 7.72. The molecule has 0 aliphatic heterocycles. The van der Waals surface area contributed by atoms with Crippen LogP contribution in [-0.2, 0) is 9.53 Å². The van der Waals surface area contributed by atoms with Gasteiger partial charge in [0.2, 0.25) is 5.91 Å². The second-order valence-corrected chi connectivity index (χ2v) is 8.62. The first-order valence-electron chi connectivity index (χ1n) is 10.8. The highest BCUT2D eigenvalue weighted by atomic mass is 16.6. The van der Waals surface area contributed by atoms with Crippen molar-refractivity contribution in [3.05, 3.63) is 54.1 Å². The number of carboxylic acids is 1. The Morgan fingerprint density at radius 2 is 1.72 bits per heavy atom. The Bertz CT molecular complexity index is 935. The van der Waals surface area contributed by atoms with E-state index in [0.29, 0.717) is 17.7 Å². The van der Waals surface area contributed by atoms with Crippen LogP contribution in [0, 0.1) is 0 Å². The van der Waals surface area contributed by atoms with Crippen molar-refractivity contribution >= 4 is 23.7 Å². The largest absolute Gasteiger partial charge is 0.478 e. The van der Waals surface area contributed by atoms with E-state index in [1.54, 1.807) is 32.9 Å². The smallest absolute Gasteiger partial charge is 0.408 e. The van der Waals surface area contributed by atoms with Gasteiger partial charge in [-0.1, -0.05) is 56.5 Å². The van der Waals surface area contributed by atoms with E-state index in [-0.39, 0.29) is 11.5 Å². The molecule has 7 nitrogen and oxygen atoms in total. The summed E-state index contributed by atoms with van der Waals surface area (Å²) in [5, 5.41) is 15.0. The summed E-state index contributed by atoms with van der Waals surface area (Å²) in [5.41, 5.74) is 1.14. The van der Waals surface area contributed by atoms with Gasteiger partial charge in [-0.15, -0.1) is 0 Å². The third-order valence-electron chi connectivity index (χ3n) is 4.71. The third-order valence-corrected chi connectivity index (χ3v) is 4.71. The van der Waals surface area contributed by atoms with Crippen molar-refractivity contribution in [1.29, 1.82) is 0 Å². The summed E-state index contributed by atoms with van der Waals surface area (Å²) in [4.78, 5) is 36.9. The number of amides is 2. The van der Waals surface area contributed by atoms with E-state index in [4.69, 9.17) is 4.74 Å². The van der Waals surface area contributed by atoms with E-state index in [9.17, 15) is 19.5 Å². The van der Waals surface area contributed by atoms with Gasteiger partial charge in [-0.25, -0.2) is 9.59 Å². The SMILES string of the molecule is CCCCC[C@H](NC(=O)OC(C)(C)C)C(=O)Nc1ccc(C(=O)O)c(-c2ccccc2)c1. The van der Waals surface area contributed by atoms with Crippen molar-refractivity contribution < 1.29 is 24.2 Å². The van der Waals surface area contributed by atoms with Gasteiger partial charge in [0.25, 0.3) is 0 Å². The molecule has 172 valence electrons. The van der Waals surface area contributed by atoms with Gasteiger partial charge < -0.3 is 20.5 Å². The van der Waals surface area contributed by atoms with Gasteiger partial charge in [0.1, 0.15) is 11.6 Å². The van der Waals surface area contributed by atoms with Crippen LogP contribution in [0.4, 0.5) is 10.5 Å². The predicted molar refractivity (Wildman–Crippen MR) is 125 cm³/mol. The maximum absolute atomic E-state index is 13.0. The molecule has 0 saturated heterocycles. The first-order chi connectivity index (χ1) is 15.1. The zero-order valence-electron chi connectivity index (χ0n) is 19.1. The molecule has 0 heterocycles. The number of aromatic carboxylic acids is 1. The van der Waals surface area contributed by atoms with Crippen molar-refractivity contribution in [3.63, 3.8) is 0 Å². The van der Waals surface area contributed by atoms with Crippen molar-refractivity contribution in [2.24, 2.45) is 0 Å². The molecule has 0 unspecified atom stereocenters. The van der Waals surface area contributed by atoms with Gasteiger partial charge in [0.05, 0.1) is 5.56 Å². The molecule has 0 fully saturated rings. The molecule has 0 radical (unpaired) electrons. The zero-order chi connectivity index (χ0) is 23.7. The number of anilines is 1. The van der Waals surface area contributed by atoms with Gasteiger partial charge in [-0.2, -0.15) is 0 Å². The standard InChI is InChI=1S/C25H32N2O5/c1-5-6-8-13-21(27-24(31)32-25(2,3)4)22(28)26-18-14-15-19(23(29)30)20(16-18)17-11-9-7-10-12-17/h7,9-12,14-16,21H,5-6,8,13H2,1-4H3,(H,26,28)(H,27,31)(H,29,30)/t21-/m0/s1. The minimum absolute atomic E-state index is 0.139. The Morgan fingerprint density at radius 1 is 1.03 bits per heavy atom. The van der Waals surface area contributed by atoms with Crippen molar-refractivity contribution in [3.8, 4) is 11.1 Å². The summed E-state index contributed by atoms with van der Waals surface area (Å²) < 4.78 is 5.30. The molecule has 3 N–H and O–H groups in total. The molecule has 0 spiro atoms. The summed E-state index contributed by atoms with van der Waals surface area (Å²) in [7, 11) is 0. The number of carbonyl (C=O) groups excluding carboxylic acids is 2. The Hall–Kier alpha value is -3.35. The molecule has 2 aromatic carbocycles. The minimum Gasteiger partial charge on any atom is -0.478 e. The van der Waals surface area contributed by atoms with Crippen LogP contribution in [0.15, 0.2) is 48.5 Å². The number of hydrogen-bond donors (Lipinski definition) is 3. The number of rotatable bonds is 9. The van der Waals surface area contributed by atoms with Crippen LogP contribution in [0.1, 0.15) is 63.7 Å². The topological polar surface area (TPSA) is 105 Å². The number of benzene rings is 2. The molecule has 2 rings (SSSR count). The van der Waals surface area contributed by atoms with Crippen LogP contribution in [0.25, 0.3) is 11.1 Å². The number of carbonyl (C=O) groups is 3.